The van der Waals surface area contributed by atoms with Crippen molar-refractivity contribution in [3.8, 4) is 0 Å². The van der Waals surface area contributed by atoms with Crippen LogP contribution < -0.4 is 0 Å². The summed E-state index contributed by atoms with van der Waals surface area (Å²) in [6.45, 7) is 0. The molecule has 0 spiro atoms. The largest absolute Gasteiger partial charge is 0.481 e. The van der Waals surface area contributed by atoms with Gasteiger partial charge in [0.2, 0.25) is 0 Å². The van der Waals surface area contributed by atoms with Crippen molar-refractivity contribution in [2.75, 3.05) is 0 Å². The zero-order chi connectivity index (χ0) is 16.1. The molecule has 0 aromatic heterocycles. The third-order valence-electron chi connectivity index (χ3n) is 3.17. The van der Waals surface area contributed by atoms with E-state index < -0.39 is 29.0 Å². The second-order valence-corrected chi connectivity index (χ2v) is 4.75. The highest BCUT2D eigenvalue weighted by Crippen LogP contribution is 2.24. The van der Waals surface area contributed by atoms with E-state index in [0.29, 0.717) is 11.1 Å². The number of nitrogens with zero attached hydrogens (tertiary/aromatic N) is 1. The third-order valence-corrected chi connectivity index (χ3v) is 3.17. The van der Waals surface area contributed by atoms with E-state index in [0.717, 1.165) is 0 Å². The first kappa shape index (κ1) is 15.4. The van der Waals surface area contributed by atoms with Crippen LogP contribution in [0.25, 0.3) is 6.08 Å². The van der Waals surface area contributed by atoms with Gasteiger partial charge in [-0.3, -0.25) is 19.7 Å². The summed E-state index contributed by atoms with van der Waals surface area (Å²) in [7, 11) is 0. The zero-order valence-corrected chi connectivity index (χ0v) is 11.5. The molecule has 1 aliphatic carbocycles. The predicted molar refractivity (Wildman–Crippen MR) is 80.1 cm³/mol. The number of benzene rings is 1. The summed E-state index contributed by atoms with van der Waals surface area (Å²) in [5, 5.41) is 19.3. The molecule has 0 saturated heterocycles. The number of carboxylic acids is 1. The molecule has 0 bridgehead atoms. The van der Waals surface area contributed by atoms with E-state index in [9.17, 15) is 19.7 Å². The Morgan fingerprint density at radius 2 is 1.91 bits per heavy atom. The number of carbonyl (C=O) groups excluding carboxylic acids is 1. The summed E-state index contributed by atoms with van der Waals surface area (Å²) < 4.78 is 0. The molecule has 22 heavy (non-hydrogen) atoms. The van der Waals surface area contributed by atoms with E-state index in [4.69, 9.17) is 5.11 Å². The van der Waals surface area contributed by atoms with Crippen LogP contribution in [-0.2, 0) is 9.59 Å². The second-order valence-electron chi connectivity index (χ2n) is 4.75. The summed E-state index contributed by atoms with van der Waals surface area (Å²) in [5.41, 5.74) is 1.34. The van der Waals surface area contributed by atoms with Crippen molar-refractivity contribution in [3.05, 3.63) is 69.8 Å². The van der Waals surface area contributed by atoms with E-state index in [2.05, 4.69) is 0 Å². The highest BCUT2D eigenvalue weighted by Gasteiger charge is 2.22. The minimum Gasteiger partial charge on any atom is -0.481 e. The first-order valence-electron chi connectivity index (χ1n) is 6.53. The lowest BCUT2D eigenvalue weighted by molar-refractivity contribution is -0.384. The first-order chi connectivity index (χ1) is 10.5. The second kappa shape index (κ2) is 6.62. The van der Waals surface area contributed by atoms with Crippen molar-refractivity contribution in [2.45, 2.75) is 6.42 Å². The van der Waals surface area contributed by atoms with Gasteiger partial charge in [-0.2, -0.15) is 0 Å². The number of nitro benzene ring substituents is 1. The molecule has 1 aliphatic rings. The highest BCUT2D eigenvalue weighted by atomic mass is 16.6. The van der Waals surface area contributed by atoms with Crippen molar-refractivity contribution < 1.29 is 19.6 Å². The van der Waals surface area contributed by atoms with Crippen LogP contribution in [0.15, 0.2) is 54.1 Å². The van der Waals surface area contributed by atoms with Gasteiger partial charge >= 0.3 is 5.97 Å². The van der Waals surface area contributed by atoms with Crippen LogP contribution >= 0.6 is 0 Å². The normalized spacial score (nSPS) is 18.4. The number of non-ortho nitro benzene ring substituents is 1. The average molecular weight is 299 g/mol. The summed E-state index contributed by atoms with van der Waals surface area (Å²) in [4.78, 5) is 32.8. The topological polar surface area (TPSA) is 97.5 Å². The Labute approximate surface area is 126 Å². The molecule has 0 saturated carbocycles. The van der Waals surface area contributed by atoms with Crippen molar-refractivity contribution >= 4 is 23.5 Å². The molecular weight excluding hydrogens is 286 g/mol. The molecule has 1 unspecified atom stereocenters. The number of aliphatic carboxylic acids is 1. The highest BCUT2D eigenvalue weighted by molar-refractivity contribution is 5.99. The van der Waals surface area contributed by atoms with Crippen LogP contribution in [0.1, 0.15) is 12.0 Å². The van der Waals surface area contributed by atoms with E-state index in [1.54, 1.807) is 42.5 Å². The van der Waals surface area contributed by atoms with E-state index in [1.807, 2.05) is 0 Å². The lowest BCUT2D eigenvalue weighted by Gasteiger charge is -2.15. The summed E-state index contributed by atoms with van der Waals surface area (Å²) in [5.74, 6) is -2.18. The van der Waals surface area contributed by atoms with Crippen LogP contribution in [0, 0.1) is 16.0 Å². The first-order valence-corrected chi connectivity index (χ1v) is 6.53. The van der Waals surface area contributed by atoms with Crippen LogP contribution in [0.4, 0.5) is 5.69 Å². The van der Waals surface area contributed by atoms with Crippen molar-refractivity contribution in [1.82, 2.24) is 0 Å². The van der Waals surface area contributed by atoms with Gasteiger partial charge in [-0.25, -0.2) is 0 Å². The molecule has 1 aromatic rings. The number of Topliss-reactive ketones (excluding diaryl/α,β-unsaturated/α-hetero) is 1. The van der Waals surface area contributed by atoms with Crippen molar-refractivity contribution in [3.63, 3.8) is 0 Å². The fraction of sp³-hybridized carbons (Fsp3) is 0.125. The van der Waals surface area contributed by atoms with Gasteiger partial charge in [-0.05, 0) is 23.3 Å². The van der Waals surface area contributed by atoms with Gasteiger partial charge in [0.15, 0.2) is 5.78 Å². The fourth-order valence-electron chi connectivity index (χ4n) is 2.13. The molecule has 0 fully saturated rings. The number of nitro groups is 1. The Balaban J connectivity index is 2.25. The predicted octanol–water partition coefficient (Wildman–Crippen LogP) is 2.76. The van der Waals surface area contributed by atoms with E-state index >= 15 is 0 Å². The Kier molecular flexibility index (Phi) is 4.63. The maximum atomic E-state index is 12.0. The lowest BCUT2D eigenvalue weighted by atomic mass is 9.88. The van der Waals surface area contributed by atoms with Gasteiger partial charge < -0.3 is 5.11 Å². The van der Waals surface area contributed by atoms with E-state index in [-0.39, 0.29) is 5.69 Å². The smallest absolute Gasteiger partial charge is 0.310 e. The molecule has 0 aliphatic heterocycles. The van der Waals surface area contributed by atoms with Gasteiger partial charge in [-0.1, -0.05) is 30.4 Å². The SMILES string of the molecule is O=C(O)CC(=O)C1C=CC=CC1=Cc1ccc([N+](=O)[O-])cc1. The van der Waals surface area contributed by atoms with Crippen LogP contribution in [0.2, 0.25) is 0 Å². The van der Waals surface area contributed by atoms with E-state index in [1.165, 1.54) is 12.1 Å². The molecular formula is C16H13NO5. The zero-order valence-electron chi connectivity index (χ0n) is 11.5. The number of rotatable bonds is 5. The molecule has 0 radical (unpaired) electrons. The summed E-state index contributed by atoms with van der Waals surface area (Å²) >= 11 is 0. The standard InChI is InChI=1S/C16H13NO5/c18-15(10-16(19)20)14-4-2-1-3-12(14)9-11-5-7-13(8-6-11)17(21)22/h1-9,14H,10H2,(H,19,20). The maximum Gasteiger partial charge on any atom is 0.310 e. The number of hydrogen-bond acceptors (Lipinski definition) is 4. The van der Waals surface area contributed by atoms with Gasteiger partial charge in [-0.15, -0.1) is 0 Å². The summed E-state index contributed by atoms with van der Waals surface area (Å²) in [6.07, 6.45) is 7.99. The summed E-state index contributed by atoms with van der Waals surface area (Å²) in [6, 6.07) is 5.91. The quantitative estimate of drug-likeness (QED) is 0.512. The third kappa shape index (κ3) is 3.76. The molecule has 6 nitrogen and oxygen atoms in total. The van der Waals surface area contributed by atoms with Crippen molar-refractivity contribution in [1.29, 1.82) is 0 Å². The van der Waals surface area contributed by atoms with Gasteiger partial charge in [0.05, 0.1) is 10.8 Å². The molecule has 0 amide bonds. The molecule has 2 rings (SSSR count). The number of ketones is 1. The Morgan fingerprint density at radius 1 is 1.23 bits per heavy atom. The Bertz CT molecular complexity index is 698. The fourth-order valence-corrected chi connectivity index (χ4v) is 2.13. The maximum absolute atomic E-state index is 12.0. The number of hydrogen-bond donors (Lipinski definition) is 1. The number of carbonyl (C=O) groups is 2. The van der Waals surface area contributed by atoms with Gasteiger partial charge in [0, 0.05) is 12.1 Å². The molecule has 1 N–H and O–H groups in total. The Morgan fingerprint density at radius 3 is 2.50 bits per heavy atom. The van der Waals surface area contributed by atoms with Gasteiger partial charge in [0.25, 0.3) is 5.69 Å². The van der Waals surface area contributed by atoms with Crippen LogP contribution in [0.3, 0.4) is 0 Å². The molecule has 6 heteroatoms. The Hall–Kier alpha value is -3.02. The van der Waals surface area contributed by atoms with Gasteiger partial charge in [0.1, 0.15) is 6.42 Å². The number of carboxylic acid groups (broad SMARTS) is 1. The number of allylic oxidation sites excluding steroid dienone is 5. The van der Waals surface area contributed by atoms with Crippen molar-refractivity contribution in [2.24, 2.45) is 5.92 Å². The van der Waals surface area contributed by atoms with Crippen LogP contribution in [0.5, 0.6) is 0 Å². The lowest BCUT2D eigenvalue weighted by Crippen LogP contribution is -2.18. The minimum atomic E-state index is -1.16. The van der Waals surface area contributed by atoms with Crippen LogP contribution in [-0.4, -0.2) is 21.8 Å². The molecule has 1 atom stereocenters. The molecule has 1 aromatic carbocycles. The monoisotopic (exact) mass is 299 g/mol. The average Bonchev–Trinajstić information content (AvgIpc) is 2.47. The molecule has 0 heterocycles. The minimum absolute atomic E-state index is 0.0141. The molecule has 112 valence electrons.